The largest absolute Gasteiger partial charge is 0.423 e. The number of aryl methyl sites for hydroxylation is 1. The Morgan fingerprint density at radius 1 is 1.24 bits per heavy atom. The number of hydrogen-bond donors (Lipinski definition) is 1. The van der Waals surface area contributed by atoms with Gasteiger partial charge in [0.05, 0.1) is 6.54 Å². The average Bonchev–Trinajstić information content (AvgIpc) is 3.14. The van der Waals surface area contributed by atoms with E-state index < -0.39 is 0 Å². The molecule has 1 N–H and O–H groups in total. The summed E-state index contributed by atoms with van der Waals surface area (Å²) in [6, 6.07) is 7.82. The highest BCUT2D eigenvalue weighted by Gasteiger charge is 2.21. The molecule has 1 saturated heterocycles. The van der Waals surface area contributed by atoms with Crippen LogP contribution >= 0.6 is 0 Å². The lowest BCUT2D eigenvalue weighted by Gasteiger charge is -2.16. The lowest BCUT2D eigenvalue weighted by molar-refractivity contribution is -0.117. The van der Waals surface area contributed by atoms with Crippen LogP contribution in [0.4, 0.5) is 11.4 Å². The molecule has 1 aliphatic heterocycles. The van der Waals surface area contributed by atoms with Gasteiger partial charge in [-0.2, -0.15) is 0 Å². The maximum absolute atomic E-state index is 11.7. The van der Waals surface area contributed by atoms with E-state index in [4.69, 9.17) is 4.42 Å². The molecule has 0 bridgehead atoms. The topological polar surface area (TPSA) is 71.3 Å². The highest BCUT2D eigenvalue weighted by Crippen LogP contribution is 2.23. The average molecular weight is 286 g/mol. The molecule has 0 saturated carbocycles. The van der Waals surface area contributed by atoms with E-state index in [2.05, 4.69) is 15.5 Å². The van der Waals surface area contributed by atoms with E-state index >= 15 is 0 Å². The molecule has 0 aliphatic carbocycles. The summed E-state index contributed by atoms with van der Waals surface area (Å²) in [5, 5.41) is 11.1. The predicted molar refractivity (Wildman–Crippen MR) is 79.0 cm³/mol. The highest BCUT2D eigenvalue weighted by molar-refractivity contribution is 5.95. The maximum Gasteiger partial charge on any atom is 0.235 e. The summed E-state index contributed by atoms with van der Waals surface area (Å²) < 4.78 is 5.44. The normalized spacial score (nSPS) is 14.7. The second-order valence-electron chi connectivity index (χ2n) is 4.99. The summed E-state index contributed by atoms with van der Waals surface area (Å²) in [5.74, 6) is 1.43. The number of nitrogens with zero attached hydrogens (tertiary/aromatic N) is 3. The van der Waals surface area contributed by atoms with Gasteiger partial charge in [0.15, 0.2) is 0 Å². The van der Waals surface area contributed by atoms with Crippen LogP contribution in [0.3, 0.4) is 0 Å². The second kappa shape index (κ2) is 5.95. The quantitative estimate of drug-likeness (QED) is 0.913. The van der Waals surface area contributed by atoms with Gasteiger partial charge in [0.1, 0.15) is 0 Å². The third kappa shape index (κ3) is 3.04. The molecule has 0 atom stereocenters. The van der Waals surface area contributed by atoms with E-state index in [0.29, 0.717) is 24.7 Å². The van der Waals surface area contributed by atoms with Gasteiger partial charge in [0, 0.05) is 30.8 Å². The van der Waals surface area contributed by atoms with E-state index in [0.717, 1.165) is 30.8 Å². The summed E-state index contributed by atoms with van der Waals surface area (Å²) in [6.45, 7) is 3.28. The Balaban J connectivity index is 1.60. The monoisotopic (exact) mass is 286 g/mol. The number of hydrogen-bond acceptors (Lipinski definition) is 5. The SMILES string of the molecule is CCc1nnc(CNc2ccc(N3CCCC3=O)cc2)o1. The third-order valence-corrected chi connectivity index (χ3v) is 3.51. The molecule has 6 nitrogen and oxygen atoms in total. The Labute approximate surface area is 123 Å². The second-order valence-corrected chi connectivity index (χ2v) is 4.99. The Morgan fingerprint density at radius 3 is 2.62 bits per heavy atom. The number of amides is 1. The zero-order valence-corrected chi connectivity index (χ0v) is 12.0. The molecule has 110 valence electrons. The molecule has 21 heavy (non-hydrogen) atoms. The Kier molecular flexibility index (Phi) is 3.85. The van der Waals surface area contributed by atoms with E-state index in [-0.39, 0.29) is 5.91 Å². The van der Waals surface area contributed by atoms with Gasteiger partial charge in [-0.25, -0.2) is 0 Å². The number of rotatable bonds is 5. The van der Waals surface area contributed by atoms with Gasteiger partial charge in [-0.3, -0.25) is 4.79 Å². The molecule has 1 aliphatic rings. The van der Waals surface area contributed by atoms with Crippen molar-refractivity contribution in [1.82, 2.24) is 10.2 Å². The van der Waals surface area contributed by atoms with Crippen molar-refractivity contribution in [3.63, 3.8) is 0 Å². The zero-order valence-electron chi connectivity index (χ0n) is 12.0. The van der Waals surface area contributed by atoms with E-state index in [9.17, 15) is 4.79 Å². The van der Waals surface area contributed by atoms with Gasteiger partial charge in [0.25, 0.3) is 0 Å². The van der Waals surface area contributed by atoms with E-state index in [1.54, 1.807) is 0 Å². The molecule has 0 radical (unpaired) electrons. The first-order valence-corrected chi connectivity index (χ1v) is 7.22. The first kappa shape index (κ1) is 13.6. The molecular weight excluding hydrogens is 268 g/mol. The summed E-state index contributed by atoms with van der Waals surface area (Å²) in [6.07, 6.45) is 2.33. The van der Waals surface area contributed by atoms with Crippen LogP contribution < -0.4 is 10.2 Å². The number of aromatic nitrogens is 2. The lowest BCUT2D eigenvalue weighted by atomic mass is 10.2. The Hall–Kier alpha value is -2.37. The van der Waals surface area contributed by atoms with Crippen molar-refractivity contribution in [3.05, 3.63) is 36.0 Å². The number of anilines is 2. The van der Waals surface area contributed by atoms with Crippen LogP contribution in [0.25, 0.3) is 0 Å². The molecule has 1 aromatic carbocycles. The highest BCUT2D eigenvalue weighted by atomic mass is 16.4. The predicted octanol–water partition coefficient (Wildman–Crippen LogP) is 2.37. The molecule has 1 aromatic heterocycles. The summed E-state index contributed by atoms with van der Waals surface area (Å²) in [4.78, 5) is 13.5. The van der Waals surface area contributed by atoms with Crippen LogP contribution in [0.5, 0.6) is 0 Å². The summed E-state index contributed by atoms with van der Waals surface area (Å²) >= 11 is 0. The van der Waals surface area contributed by atoms with Crippen molar-refractivity contribution in [2.24, 2.45) is 0 Å². The fraction of sp³-hybridized carbons (Fsp3) is 0.400. The molecule has 2 aromatic rings. The first-order chi connectivity index (χ1) is 10.3. The van der Waals surface area contributed by atoms with Crippen LogP contribution in [-0.4, -0.2) is 22.6 Å². The minimum Gasteiger partial charge on any atom is -0.423 e. The molecule has 3 rings (SSSR count). The van der Waals surface area contributed by atoms with Gasteiger partial charge in [0.2, 0.25) is 17.7 Å². The number of nitrogens with one attached hydrogen (secondary N) is 1. The minimum absolute atomic E-state index is 0.202. The van der Waals surface area contributed by atoms with E-state index in [1.165, 1.54) is 0 Å². The van der Waals surface area contributed by atoms with Crippen molar-refractivity contribution in [2.45, 2.75) is 32.7 Å². The smallest absolute Gasteiger partial charge is 0.235 e. The number of benzene rings is 1. The number of carbonyl (C=O) groups is 1. The fourth-order valence-corrected chi connectivity index (χ4v) is 2.36. The molecule has 0 spiro atoms. The molecule has 2 heterocycles. The number of carbonyl (C=O) groups excluding carboxylic acids is 1. The van der Waals surface area contributed by atoms with Crippen LogP contribution in [-0.2, 0) is 17.8 Å². The van der Waals surface area contributed by atoms with Gasteiger partial charge < -0.3 is 14.6 Å². The first-order valence-electron chi connectivity index (χ1n) is 7.22. The summed E-state index contributed by atoms with van der Waals surface area (Å²) in [5.41, 5.74) is 1.91. The lowest BCUT2D eigenvalue weighted by Crippen LogP contribution is -2.23. The van der Waals surface area contributed by atoms with Gasteiger partial charge in [-0.15, -0.1) is 10.2 Å². The van der Waals surface area contributed by atoms with Crippen molar-refractivity contribution < 1.29 is 9.21 Å². The Morgan fingerprint density at radius 2 is 2.00 bits per heavy atom. The maximum atomic E-state index is 11.7. The van der Waals surface area contributed by atoms with Crippen molar-refractivity contribution in [1.29, 1.82) is 0 Å². The third-order valence-electron chi connectivity index (χ3n) is 3.51. The molecular formula is C15H18N4O2. The summed E-state index contributed by atoms with van der Waals surface area (Å²) in [7, 11) is 0. The standard InChI is InChI=1S/C15H18N4O2/c1-2-13-17-18-14(21-13)10-16-11-5-7-12(8-6-11)19-9-3-4-15(19)20/h5-8,16H,2-4,9-10H2,1H3. The molecule has 1 amide bonds. The minimum atomic E-state index is 0.202. The van der Waals surface area contributed by atoms with Gasteiger partial charge in [-0.05, 0) is 30.7 Å². The van der Waals surface area contributed by atoms with Crippen LogP contribution in [0.15, 0.2) is 28.7 Å². The molecule has 6 heteroatoms. The van der Waals surface area contributed by atoms with Gasteiger partial charge in [-0.1, -0.05) is 6.92 Å². The van der Waals surface area contributed by atoms with Crippen LogP contribution in [0.1, 0.15) is 31.5 Å². The van der Waals surface area contributed by atoms with E-state index in [1.807, 2.05) is 36.1 Å². The molecule has 1 fully saturated rings. The van der Waals surface area contributed by atoms with Crippen molar-refractivity contribution in [3.8, 4) is 0 Å². The van der Waals surface area contributed by atoms with Crippen LogP contribution in [0, 0.1) is 0 Å². The zero-order chi connectivity index (χ0) is 14.7. The van der Waals surface area contributed by atoms with Crippen LogP contribution in [0.2, 0.25) is 0 Å². The van der Waals surface area contributed by atoms with Crippen molar-refractivity contribution in [2.75, 3.05) is 16.8 Å². The Bertz CT molecular complexity index is 621. The van der Waals surface area contributed by atoms with Crippen molar-refractivity contribution >= 4 is 17.3 Å². The molecule has 0 unspecified atom stereocenters. The fourth-order valence-electron chi connectivity index (χ4n) is 2.36. The van der Waals surface area contributed by atoms with Gasteiger partial charge >= 0.3 is 0 Å².